The number of esters is 1. The molecule has 1 aromatic rings. The van der Waals surface area contributed by atoms with E-state index in [1.165, 1.54) is 0 Å². The number of hydrogen-bond acceptors (Lipinski definition) is 4. The lowest BCUT2D eigenvalue weighted by atomic mass is 10.1. The smallest absolute Gasteiger partial charge is 0.306 e. The quantitative estimate of drug-likeness (QED) is 0.804. The maximum Gasteiger partial charge on any atom is 0.306 e. The second kappa shape index (κ2) is 6.97. The normalized spacial score (nSPS) is 12.0. The van der Waals surface area contributed by atoms with Crippen LogP contribution in [0.15, 0.2) is 10.5 Å². The van der Waals surface area contributed by atoms with Gasteiger partial charge in [-0.25, -0.2) is 0 Å². The minimum atomic E-state index is -0.347. The van der Waals surface area contributed by atoms with E-state index >= 15 is 0 Å². The summed E-state index contributed by atoms with van der Waals surface area (Å²) in [7, 11) is 0. The van der Waals surface area contributed by atoms with Crippen LogP contribution < -0.4 is 5.32 Å². The average Bonchev–Trinajstić information content (AvgIpc) is 2.66. The van der Waals surface area contributed by atoms with Gasteiger partial charge in [-0.2, -0.15) is 0 Å². The first-order chi connectivity index (χ1) is 8.93. The van der Waals surface area contributed by atoms with Crippen molar-refractivity contribution in [3.05, 3.63) is 23.2 Å². The molecule has 1 heterocycles. The second-order valence-corrected chi connectivity index (χ2v) is 4.46. The highest BCUT2D eigenvalue weighted by Crippen LogP contribution is 2.21. The van der Waals surface area contributed by atoms with Crippen molar-refractivity contribution >= 4 is 11.9 Å². The molecule has 0 aliphatic heterocycles. The number of rotatable bonds is 6. The molecule has 106 valence electrons. The van der Waals surface area contributed by atoms with Crippen molar-refractivity contribution in [2.45, 2.75) is 46.6 Å². The van der Waals surface area contributed by atoms with Crippen molar-refractivity contribution < 1.29 is 18.7 Å². The first kappa shape index (κ1) is 15.3. The van der Waals surface area contributed by atoms with Crippen LogP contribution in [0.1, 0.15) is 49.8 Å². The van der Waals surface area contributed by atoms with E-state index in [1.54, 1.807) is 6.92 Å². The van der Waals surface area contributed by atoms with Crippen LogP contribution >= 0.6 is 0 Å². The SMILES string of the molecule is CCOC(=O)CCC(=O)NC(C)c1cc(C)oc1C. The van der Waals surface area contributed by atoms with E-state index in [1.807, 2.05) is 26.8 Å². The van der Waals surface area contributed by atoms with E-state index < -0.39 is 0 Å². The fraction of sp³-hybridized carbons (Fsp3) is 0.571. The van der Waals surface area contributed by atoms with Gasteiger partial charge in [0.15, 0.2) is 0 Å². The fourth-order valence-electron chi connectivity index (χ4n) is 1.92. The molecule has 0 spiro atoms. The van der Waals surface area contributed by atoms with Crippen LogP contribution in [0.4, 0.5) is 0 Å². The van der Waals surface area contributed by atoms with Gasteiger partial charge in [0, 0.05) is 12.0 Å². The molecule has 0 radical (unpaired) electrons. The van der Waals surface area contributed by atoms with Crippen molar-refractivity contribution in [2.24, 2.45) is 0 Å². The van der Waals surface area contributed by atoms with Crippen LogP contribution in [0.2, 0.25) is 0 Å². The molecule has 5 nitrogen and oxygen atoms in total. The minimum absolute atomic E-state index is 0.107. The highest BCUT2D eigenvalue weighted by atomic mass is 16.5. The molecule has 1 rings (SSSR count). The molecule has 0 aliphatic rings. The molecule has 1 atom stereocenters. The zero-order chi connectivity index (χ0) is 14.4. The van der Waals surface area contributed by atoms with Crippen molar-refractivity contribution in [1.82, 2.24) is 5.32 Å². The van der Waals surface area contributed by atoms with Crippen molar-refractivity contribution in [3.63, 3.8) is 0 Å². The zero-order valence-electron chi connectivity index (χ0n) is 11.9. The number of aryl methyl sites for hydroxylation is 2. The molecule has 1 unspecified atom stereocenters. The van der Waals surface area contributed by atoms with E-state index in [2.05, 4.69) is 5.32 Å². The summed E-state index contributed by atoms with van der Waals surface area (Å²) in [5, 5.41) is 2.84. The largest absolute Gasteiger partial charge is 0.466 e. The molecule has 5 heteroatoms. The summed E-state index contributed by atoms with van der Waals surface area (Å²) in [6, 6.07) is 1.78. The monoisotopic (exact) mass is 267 g/mol. The first-order valence-electron chi connectivity index (χ1n) is 6.46. The van der Waals surface area contributed by atoms with Crippen LogP contribution in [0, 0.1) is 13.8 Å². The van der Waals surface area contributed by atoms with Gasteiger partial charge in [-0.05, 0) is 33.8 Å². The Labute approximate surface area is 113 Å². The predicted octanol–water partition coefficient (Wildman–Crippen LogP) is 2.42. The summed E-state index contributed by atoms with van der Waals surface area (Å²) in [6.45, 7) is 7.70. The Hall–Kier alpha value is -1.78. The number of carbonyl (C=O) groups excluding carboxylic acids is 2. The van der Waals surface area contributed by atoms with Crippen LogP contribution in [0.5, 0.6) is 0 Å². The van der Waals surface area contributed by atoms with Crippen LogP contribution in [0.25, 0.3) is 0 Å². The van der Waals surface area contributed by atoms with E-state index in [-0.39, 0.29) is 30.8 Å². The van der Waals surface area contributed by atoms with Gasteiger partial charge in [0.2, 0.25) is 5.91 Å². The van der Waals surface area contributed by atoms with Gasteiger partial charge in [0.25, 0.3) is 0 Å². The minimum Gasteiger partial charge on any atom is -0.466 e. The van der Waals surface area contributed by atoms with Gasteiger partial charge in [-0.3, -0.25) is 9.59 Å². The molecule has 1 amide bonds. The van der Waals surface area contributed by atoms with Gasteiger partial charge >= 0.3 is 5.97 Å². The Morgan fingerprint density at radius 3 is 2.58 bits per heavy atom. The molecular weight excluding hydrogens is 246 g/mol. The third kappa shape index (κ3) is 4.77. The summed E-state index contributed by atoms with van der Waals surface area (Å²) in [4.78, 5) is 22.8. The van der Waals surface area contributed by atoms with Gasteiger partial charge in [0.1, 0.15) is 11.5 Å². The van der Waals surface area contributed by atoms with Crippen LogP contribution in [-0.2, 0) is 14.3 Å². The number of carbonyl (C=O) groups is 2. The summed E-state index contributed by atoms with van der Waals surface area (Å²) in [5.41, 5.74) is 0.960. The fourth-order valence-corrected chi connectivity index (χ4v) is 1.92. The number of ether oxygens (including phenoxy) is 1. The zero-order valence-corrected chi connectivity index (χ0v) is 11.9. The lowest BCUT2D eigenvalue weighted by Gasteiger charge is -2.13. The Kier molecular flexibility index (Phi) is 5.60. The lowest BCUT2D eigenvalue weighted by molar-refractivity contribution is -0.144. The third-order valence-corrected chi connectivity index (χ3v) is 2.78. The highest BCUT2D eigenvalue weighted by molar-refractivity contribution is 5.81. The maximum atomic E-state index is 11.7. The van der Waals surface area contributed by atoms with Gasteiger partial charge < -0.3 is 14.5 Å². The molecule has 0 fully saturated rings. The summed E-state index contributed by atoms with van der Waals surface area (Å²) in [5.74, 6) is 1.11. The maximum absolute atomic E-state index is 11.7. The molecular formula is C14H21NO4. The van der Waals surface area contributed by atoms with E-state index in [4.69, 9.17) is 9.15 Å². The molecule has 0 aliphatic carbocycles. The molecule has 0 bridgehead atoms. The first-order valence-corrected chi connectivity index (χ1v) is 6.46. The van der Waals surface area contributed by atoms with Crippen LogP contribution in [-0.4, -0.2) is 18.5 Å². The Bertz CT molecular complexity index is 450. The predicted molar refractivity (Wildman–Crippen MR) is 70.6 cm³/mol. The van der Waals surface area contributed by atoms with Crippen molar-refractivity contribution in [3.8, 4) is 0 Å². The van der Waals surface area contributed by atoms with Gasteiger partial charge in [0.05, 0.1) is 19.1 Å². The van der Waals surface area contributed by atoms with E-state index in [9.17, 15) is 9.59 Å². The Morgan fingerprint density at radius 2 is 2.05 bits per heavy atom. The summed E-state index contributed by atoms with van der Waals surface area (Å²) in [6.07, 6.45) is 0.245. The van der Waals surface area contributed by atoms with Crippen molar-refractivity contribution in [1.29, 1.82) is 0 Å². The number of hydrogen-bond donors (Lipinski definition) is 1. The van der Waals surface area contributed by atoms with Gasteiger partial charge in [-0.15, -0.1) is 0 Å². The lowest BCUT2D eigenvalue weighted by Crippen LogP contribution is -2.27. The van der Waals surface area contributed by atoms with Crippen molar-refractivity contribution in [2.75, 3.05) is 6.61 Å². The topological polar surface area (TPSA) is 68.5 Å². The third-order valence-electron chi connectivity index (χ3n) is 2.78. The molecule has 0 saturated carbocycles. The van der Waals surface area contributed by atoms with Crippen LogP contribution in [0.3, 0.4) is 0 Å². The molecule has 0 saturated heterocycles. The van der Waals surface area contributed by atoms with Gasteiger partial charge in [-0.1, -0.05) is 0 Å². The van der Waals surface area contributed by atoms with E-state index in [0.717, 1.165) is 17.1 Å². The van der Waals surface area contributed by atoms with E-state index in [0.29, 0.717) is 6.61 Å². The number of furan rings is 1. The second-order valence-electron chi connectivity index (χ2n) is 4.46. The molecule has 0 aromatic carbocycles. The standard InChI is InChI=1S/C14H21NO4/c1-5-18-14(17)7-6-13(16)15-10(3)12-8-9(2)19-11(12)4/h8,10H,5-7H2,1-4H3,(H,15,16). The highest BCUT2D eigenvalue weighted by Gasteiger charge is 2.15. The summed E-state index contributed by atoms with van der Waals surface area (Å²) >= 11 is 0. The average molecular weight is 267 g/mol. The Balaban J connectivity index is 2.44. The molecule has 1 aromatic heterocycles. The molecule has 19 heavy (non-hydrogen) atoms. The Morgan fingerprint density at radius 1 is 1.37 bits per heavy atom. The summed E-state index contributed by atoms with van der Waals surface area (Å²) < 4.78 is 10.2. The number of nitrogens with one attached hydrogen (secondary N) is 1. The number of amides is 1. The molecule has 1 N–H and O–H groups in total.